The second-order valence-corrected chi connectivity index (χ2v) is 7.20. The molecule has 1 aromatic heterocycles. The molecule has 1 aromatic carbocycles. The number of benzene rings is 1. The van der Waals surface area contributed by atoms with Crippen molar-refractivity contribution in [2.75, 3.05) is 6.26 Å². The van der Waals surface area contributed by atoms with Crippen LogP contribution in [-0.4, -0.2) is 20.5 Å². The zero-order valence-corrected chi connectivity index (χ0v) is 12.3. The van der Waals surface area contributed by atoms with Crippen LogP contribution in [0.3, 0.4) is 0 Å². The number of thiophene rings is 1. The highest BCUT2D eigenvalue weighted by atomic mass is 32.2. The number of carbonyl (C=O) groups excluding carboxylic acids is 1. The van der Waals surface area contributed by atoms with E-state index in [1.807, 2.05) is 18.4 Å². The Morgan fingerprint density at radius 3 is 2.32 bits per heavy atom. The topological polar surface area (TPSA) is 51.2 Å². The third kappa shape index (κ3) is 3.11. The molecular weight excluding hydrogens is 280 g/mol. The maximum atomic E-state index is 11.6. The Balaban J connectivity index is 2.33. The summed E-state index contributed by atoms with van der Waals surface area (Å²) in [7, 11) is -3.17. The van der Waals surface area contributed by atoms with Crippen molar-refractivity contribution >= 4 is 27.0 Å². The molecule has 1 heterocycles. The fourth-order valence-corrected chi connectivity index (χ4v) is 3.26. The van der Waals surface area contributed by atoms with E-state index in [0.717, 1.165) is 16.0 Å². The highest BCUT2D eigenvalue weighted by molar-refractivity contribution is 7.90. The molecule has 5 heteroatoms. The summed E-state index contributed by atoms with van der Waals surface area (Å²) in [5.41, 5.74) is 1.86. The number of hydrogen-bond donors (Lipinski definition) is 0. The molecule has 0 N–H and O–H groups in total. The summed E-state index contributed by atoms with van der Waals surface area (Å²) in [5, 5.41) is 1.92. The van der Waals surface area contributed by atoms with Crippen molar-refractivity contribution in [3.8, 4) is 11.1 Å². The minimum absolute atomic E-state index is 0.129. The van der Waals surface area contributed by atoms with Gasteiger partial charge in [0.2, 0.25) is 0 Å². The fraction of sp³-hybridized carbons (Fsp3) is 0.214. The lowest BCUT2D eigenvalue weighted by molar-refractivity contribution is 0.0992. The predicted octanol–water partition coefficient (Wildman–Crippen LogP) is 3.41. The van der Waals surface area contributed by atoms with Crippen LogP contribution in [0.2, 0.25) is 0 Å². The fourth-order valence-electron chi connectivity index (χ4n) is 1.70. The van der Waals surface area contributed by atoms with E-state index >= 15 is 0 Å². The van der Waals surface area contributed by atoms with E-state index in [-0.39, 0.29) is 5.78 Å². The van der Waals surface area contributed by atoms with Gasteiger partial charge in [-0.3, -0.25) is 4.79 Å². The number of Topliss-reactive ketones (excluding diaryl/α,β-unsaturated/α-hetero) is 1. The van der Waals surface area contributed by atoms with Crippen molar-refractivity contribution in [3.05, 3.63) is 40.6 Å². The van der Waals surface area contributed by atoms with Gasteiger partial charge in [0.05, 0.1) is 9.77 Å². The average molecular weight is 294 g/mol. The van der Waals surface area contributed by atoms with Crippen molar-refractivity contribution in [3.63, 3.8) is 0 Å². The molecule has 0 aliphatic carbocycles. The SMILES string of the molecule is CCC(=O)c1cc(-c2ccc(S(C)(=O)=O)cc2)cs1. The van der Waals surface area contributed by atoms with Gasteiger partial charge in [0.25, 0.3) is 0 Å². The van der Waals surface area contributed by atoms with Crippen molar-refractivity contribution in [2.24, 2.45) is 0 Å². The predicted molar refractivity (Wildman–Crippen MR) is 77.5 cm³/mol. The molecule has 0 atom stereocenters. The standard InChI is InChI=1S/C14H14O3S2/c1-3-13(15)14-8-11(9-18-14)10-4-6-12(7-5-10)19(2,16)17/h4-9H,3H2,1-2H3. The molecule has 0 unspecified atom stereocenters. The first-order valence-corrected chi connectivity index (χ1v) is 8.61. The minimum Gasteiger partial charge on any atom is -0.293 e. The number of carbonyl (C=O) groups is 1. The summed E-state index contributed by atoms with van der Waals surface area (Å²) >= 11 is 1.42. The molecule has 0 radical (unpaired) electrons. The Morgan fingerprint density at radius 1 is 1.16 bits per heavy atom. The first kappa shape index (κ1) is 14.0. The molecule has 0 amide bonds. The van der Waals surface area contributed by atoms with Crippen LogP contribution in [0.5, 0.6) is 0 Å². The Labute approximate surface area is 116 Å². The minimum atomic E-state index is -3.17. The number of sulfone groups is 1. The number of ketones is 1. The molecule has 0 saturated heterocycles. The van der Waals surface area contributed by atoms with Crippen LogP contribution in [0.25, 0.3) is 11.1 Å². The third-order valence-corrected chi connectivity index (χ3v) is 4.91. The van der Waals surface area contributed by atoms with E-state index in [1.54, 1.807) is 24.3 Å². The number of hydrogen-bond acceptors (Lipinski definition) is 4. The lowest BCUT2D eigenvalue weighted by atomic mass is 10.1. The second-order valence-electron chi connectivity index (χ2n) is 4.27. The monoisotopic (exact) mass is 294 g/mol. The van der Waals surface area contributed by atoms with E-state index in [2.05, 4.69) is 0 Å². The molecule has 100 valence electrons. The van der Waals surface area contributed by atoms with Crippen LogP contribution in [-0.2, 0) is 9.84 Å². The third-order valence-electron chi connectivity index (χ3n) is 2.81. The molecule has 0 aliphatic heterocycles. The van der Waals surface area contributed by atoms with E-state index < -0.39 is 9.84 Å². The average Bonchev–Trinajstić information content (AvgIpc) is 2.86. The van der Waals surface area contributed by atoms with Gasteiger partial charge in [-0.2, -0.15) is 0 Å². The summed E-state index contributed by atoms with van der Waals surface area (Å²) in [6.45, 7) is 1.84. The zero-order chi connectivity index (χ0) is 14.0. The van der Waals surface area contributed by atoms with Gasteiger partial charge in [0.15, 0.2) is 15.6 Å². The summed E-state index contributed by atoms with van der Waals surface area (Å²) in [6, 6.07) is 8.55. The van der Waals surface area contributed by atoms with Crippen LogP contribution >= 0.6 is 11.3 Å². The van der Waals surface area contributed by atoms with Crippen molar-refractivity contribution in [2.45, 2.75) is 18.2 Å². The lowest BCUT2D eigenvalue weighted by Crippen LogP contribution is -1.96. The van der Waals surface area contributed by atoms with E-state index in [9.17, 15) is 13.2 Å². The number of rotatable bonds is 4. The largest absolute Gasteiger partial charge is 0.293 e. The van der Waals surface area contributed by atoms with Gasteiger partial charge in [0, 0.05) is 12.7 Å². The molecule has 2 rings (SSSR count). The van der Waals surface area contributed by atoms with Crippen molar-refractivity contribution < 1.29 is 13.2 Å². The van der Waals surface area contributed by atoms with Gasteiger partial charge < -0.3 is 0 Å². The molecule has 0 fully saturated rings. The van der Waals surface area contributed by atoms with Gasteiger partial charge in [-0.05, 0) is 34.7 Å². The quantitative estimate of drug-likeness (QED) is 0.812. The Kier molecular flexibility index (Phi) is 3.87. The molecular formula is C14H14O3S2. The maximum absolute atomic E-state index is 11.6. The van der Waals surface area contributed by atoms with Crippen molar-refractivity contribution in [1.82, 2.24) is 0 Å². The van der Waals surface area contributed by atoms with E-state index in [1.165, 1.54) is 17.6 Å². The van der Waals surface area contributed by atoms with E-state index in [4.69, 9.17) is 0 Å². The first-order chi connectivity index (χ1) is 8.91. The Bertz CT molecular complexity index is 695. The Hall–Kier alpha value is -1.46. The van der Waals surface area contributed by atoms with Crippen LogP contribution in [0, 0.1) is 0 Å². The molecule has 3 nitrogen and oxygen atoms in total. The normalized spacial score (nSPS) is 11.5. The molecule has 2 aromatic rings. The zero-order valence-electron chi connectivity index (χ0n) is 10.7. The first-order valence-electron chi connectivity index (χ1n) is 5.84. The molecule has 19 heavy (non-hydrogen) atoms. The molecule has 0 bridgehead atoms. The lowest BCUT2D eigenvalue weighted by Gasteiger charge is -2.00. The molecule has 0 saturated carbocycles. The van der Waals surface area contributed by atoms with Gasteiger partial charge in [-0.1, -0.05) is 19.1 Å². The van der Waals surface area contributed by atoms with Crippen LogP contribution < -0.4 is 0 Å². The summed E-state index contributed by atoms with van der Waals surface area (Å²) in [4.78, 5) is 12.6. The summed E-state index contributed by atoms with van der Waals surface area (Å²) in [5.74, 6) is 0.129. The molecule has 0 aliphatic rings. The van der Waals surface area contributed by atoms with Gasteiger partial charge in [0.1, 0.15) is 0 Å². The highest BCUT2D eigenvalue weighted by Gasteiger charge is 2.10. The highest BCUT2D eigenvalue weighted by Crippen LogP contribution is 2.27. The van der Waals surface area contributed by atoms with Gasteiger partial charge >= 0.3 is 0 Å². The van der Waals surface area contributed by atoms with Crippen LogP contribution in [0.15, 0.2) is 40.6 Å². The van der Waals surface area contributed by atoms with Gasteiger partial charge in [-0.25, -0.2) is 8.42 Å². The van der Waals surface area contributed by atoms with Gasteiger partial charge in [-0.15, -0.1) is 11.3 Å². The second kappa shape index (κ2) is 5.27. The smallest absolute Gasteiger partial charge is 0.175 e. The maximum Gasteiger partial charge on any atom is 0.175 e. The van der Waals surface area contributed by atoms with Crippen LogP contribution in [0.4, 0.5) is 0 Å². The van der Waals surface area contributed by atoms with Crippen LogP contribution in [0.1, 0.15) is 23.0 Å². The molecule has 0 spiro atoms. The summed E-state index contributed by atoms with van der Waals surface area (Å²) in [6.07, 6.45) is 1.68. The Morgan fingerprint density at radius 2 is 1.79 bits per heavy atom. The summed E-state index contributed by atoms with van der Waals surface area (Å²) < 4.78 is 22.7. The van der Waals surface area contributed by atoms with E-state index in [0.29, 0.717) is 11.3 Å². The van der Waals surface area contributed by atoms with Crippen molar-refractivity contribution in [1.29, 1.82) is 0 Å².